The number of carbonyl (C=O) groups excluding carboxylic acids is 3. The van der Waals surface area contributed by atoms with Gasteiger partial charge in [0.25, 0.3) is 5.91 Å². The number of aryl methyl sites for hydroxylation is 1. The average molecular weight is 437 g/mol. The van der Waals surface area contributed by atoms with Gasteiger partial charge in [0.05, 0.1) is 12.0 Å². The second-order valence-corrected chi connectivity index (χ2v) is 9.00. The van der Waals surface area contributed by atoms with Gasteiger partial charge in [-0.3, -0.25) is 9.59 Å². The molecule has 0 spiro atoms. The van der Waals surface area contributed by atoms with E-state index >= 15 is 0 Å². The molecule has 140 valence electrons. The molecule has 0 aliphatic carbocycles. The number of hydrogen-bond acceptors (Lipinski definition) is 6. The Labute approximate surface area is 208 Å². The number of ether oxygens (including phenoxy) is 1. The summed E-state index contributed by atoms with van der Waals surface area (Å²) in [5.41, 5.74) is 0.826. The van der Waals surface area contributed by atoms with E-state index in [-0.39, 0.29) is 58.0 Å². The fourth-order valence-electron chi connectivity index (χ4n) is 3.20. The molecule has 1 aromatic rings. The molecule has 2 aliphatic heterocycles. The van der Waals surface area contributed by atoms with E-state index in [1.807, 2.05) is 6.92 Å². The minimum Gasteiger partial charge on any atom is -0.548 e. The smallest absolute Gasteiger partial charge is 0.548 e. The molecular weight excluding hydrogens is 419 g/mol. The molecule has 27 heavy (non-hydrogen) atoms. The van der Waals surface area contributed by atoms with E-state index in [2.05, 4.69) is 5.32 Å². The third-order valence-corrected chi connectivity index (χ3v) is 6.48. The number of aliphatic carboxylic acids is 1. The second kappa shape index (κ2) is 8.60. The van der Waals surface area contributed by atoms with Gasteiger partial charge in [-0.05, 0) is 44.5 Å². The largest absolute Gasteiger partial charge is 1.00 e. The van der Waals surface area contributed by atoms with Crippen LogP contribution >= 0.6 is 23.4 Å². The van der Waals surface area contributed by atoms with Crippen LogP contribution in [0.4, 0.5) is 0 Å². The van der Waals surface area contributed by atoms with E-state index in [9.17, 15) is 19.5 Å². The zero-order valence-electron chi connectivity index (χ0n) is 15.4. The molecular formula is C17H18ClKN2O5S. The van der Waals surface area contributed by atoms with Crippen LogP contribution in [0.5, 0.6) is 5.75 Å². The Bertz CT molecular complexity index is 791. The predicted molar refractivity (Wildman–Crippen MR) is 94.7 cm³/mol. The van der Waals surface area contributed by atoms with Crippen molar-refractivity contribution in [1.82, 2.24) is 10.2 Å². The van der Waals surface area contributed by atoms with Crippen molar-refractivity contribution in [3.8, 4) is 5.75 Å². The van der Waals surface area contributed by atoms with E-state index in [1.165, 1.54) is 16.7 Å². The number of nitrogens with one attached hydrogen (secondary N) is 1. The summed E-state index contributed by atoms with van der Waals surface area (Å²) in [6, 6.07) is 3.28. The average Bonchev–Trinajstić information content (AvgIpc) is 2.82. The predicted octanol–water partition coefficient (Wildman–Crippen LogP) is -2.67. The molecule has 0 radical (unpaired) electrons. The van der Waals surface area contributed by atoms with Crippen molar-refractivity contribution in [2.24, 2.45) is 0 Å². The molecule has 0 bridgehead atoms. The van der Waals surface area contributed by atoms with Crippen molar-refractivity contribution in [3.05, 3.63) is 28.8 Å². The van der Waals surface area contributed by atoms with Gasteiger partial charge in [-0.1, -0.05) is 11.6 Å². The minimum atomic E-state index is -1.29. The molecule has 7 nitrogen and oxygen atoms in total. The summed E-state index contributed by atoms with van der Waals surface area (Å²) < 4.78 is 4.73. The molecule has 2 heterocycles. The summed E-state index contributed by atoms with van der Waals surface area (Å²) in [5, 5.41) is 14.2. The van der Waals surface area contributed by atoms with Crippen LogP contribution in [0.2, 0.25) is 5.02 Å². The summed E-state index contributed by atoms with van der Waals surface area (Å²) >= 11 is 7.28. The number of fused-ring (bicyclic) bond motifs is 1. The molecule has 1 aromatic carbocycles. The molecule has 2 aliphatic rings. The molecule has 2 fully saturated rings. The first kappa shape index (κ1) is 23.0. The van der Waals surface area contributed by atoms with E-state index in [4.69, 9.17) is 16.3 Å². The van der Waals surface area contributed by atoms with E-state index < -0.39 is 40.0 Å². The molecule has 10 heteroatoms. The molecule has 0 unspecified atom stereocenters. The fourth-order valence-corrected chi connectivity index (χ4v) is 4.94. The Kier molecular flexibility index (Phi) is 7.33. The molecule has 0 aromatic heterocycles. The third-order valence-electron chi connectivity index (χ3n) is 4.48. The van der Waals surface area contributed by atoms with Crippen molar-refractivity contribution < 1.29 is 75.6 Å². The van der Waals surface area contributed by atoms with E-state index in [1.54, 1.807) is 32.0 Å². The van der Waals surface area contributed by atoms with Gasteiger partial charge in [-0.15, -0.1) is 11.8 Å². The first-order valence-corrected chi connectivity index (χ1v) is 9.27. The molecule has 2 amide bonds. The van der Waals surface area contributed by atoms with Gasteiger partial charge in [0.15, 0.2) is 6.61 Å². The summed E-state index contributed by atoms with van der Waals surface area (Å²) in [6.45, 7) is 5.06. The number of nitrogens with zero attached hydrogens (tertiary/aromatic N) is 1. The van der Waals surface area contributed by atoms with Crippen LogP contribution in [0.3, 0.4) is 0 Å². The van der Waals surface area contributed by atoms with E-state index in [0.29, 0.717) is 10.8 Å². The topological polar surface area (TPSA) is 98.8 Å². The van der Waals surface area contributed by atoms with Gasteiger partial charge in [0.1, 0.15) is 17.2 Å². The number of amides is 2. The van der Waals surface area contributed by atoms with E-state index in [0.717, 1.165) is 5.56 Å². The Morgan fingerprint density at radius 3 is 2.67 bits per heavy atom. The van der Waals surface area contributed by atoms with Crippen LogP contribution in [0.1, 0.15) is 19.4 Å². The van der Waals surface area contributed by atoms with Crippen molar-refractivity contribution in [2.75, 3.05) is 6.61 Å². The standard InChI is InChI=1S/C17H19ClN2O5S.K/c1-8-6-9(4-5-10(8)18)25-7-11(21)19-12-14(22)20-13(16(23)24)17(2,3)26-15(12)20;/h4-6,12-13,15H,7H2,1-3H3,(H,19,21)(H,23,24);/q;+1/p-1/t12-,13+,15-;/m1./s1. The van der Waals surface area contributed by atoms with Gasteiger partial charge >= 0.3 is 51.4 Å². The van der Waals surface area contributed by atoms with Gasteiger partial charge in [-0.25, -0.2) is 0 Å². The quantitative estimate of drug-likeness (QED) is 0.399. The maximum Gasteiger partial charge on any atom is 1.00 e. The molecule has 1 N–H and O–H groups in total. The SMILES string of the molecule is Cc1cc(OCC(=O)N[C@@H]2C(=O)N3[C@@H]2SC(C)(C)[C@@H]3C(=O)[O-])ccc1Cl.[K+]. The number of benzene rings is 1. The Morgan fingerprint density at radius 2 is 2.07 bits per heavy atom. The second-order valence-electron chi connectivity index (χ2n) is 6.82. The Balaban J connectivity index is 0.00000261. The van der Waals surface area contributed by atoms with Crippen LogP contribution in [0.15, 0.2) is 18.2 Å². The number of thioether (sulfide) groups is 1. The molecule has 3 rings (SSSR count). The number of halogens is 1. The fraction of sp³-hybridized carbons (Fsp3) is 0.471. The monoisotopic (exact) mass is 436 g/mol. The first-order valence-electron chi connectivity index (χ1n) is 8.01. The first-order chi connectivity index (χ1) is 12.1. The van der Waals surface area contributed by atoms with Gasteiger partial charge in [-0.2, -0.15) is 0 Å². The van der Waals surface area contributed by atoms with Crippen molar-refractivity contribution in [3.63, 3.8) is 0 Å². The van der Waals surface area contributed by atoms with Gasteiger partial charge in [0, 0.05) is 9.77 Å². The maximum absolute atomic E-state index is 12.3. The zero-order chi connectivity index (χ0) is 19.2. The number of carboxylic acids is 1. The van der Waals surface area contributed by atoms with Crippen LogP contribution in [0, 0.1) is 6.92 Å². The number of carboxylic acid groups (broad SMARTS) is 1. The van der Waals surface area contributed by atoms with Gasteiger partial charge < -0.3 is 24.9 Å². The number of β-lactam (4-membered cyclic amide) rings is 1. The maximum atomic E-state index is 12.3. The number of carbonyl (C=O) groups is 3. The summed E-state index contributed by atoms with van der Waals surface area (Å²) in [5.74, 6) is -1.66. The van der Waals surface area contributed by atoms with Crippen LogP contribution in [-0.2, 0) is 14.4 Å². The van der Waals surface area contributed by atoms with Crippen molar-refractivity contribution >= 4 is 41.1 Å². The number of hydrogen-bond donors (Lipinski definition) is 1. The normalized spacial score (nSPS) is 25.1. The Hall–Kier alpha value is -0.294. The summed E-state index contributed by atoms with van der Waals surface area (Å²) in [6.07, 6.45) is 0. The Morgan fingerprint density at radius 1 is 1.41 bits per heavy atom. The third kappa shape index (κ3) is 4.49. The minimum absolute atomic E-state index is 0. The van der Waals surface area contributed by atoms with Crippen molar-refractivity contribution in [1.29, 1.82) is 0 Å². The summed E-state index contributed by atoms with van der Waals surface area (Å²) in [4.78, 5) is 37.0. The van der Waals surface area contributed by atoms with Crippen LogP contribution in [-0.4, -0.2) is 51.5 Å². The summed E-state index contributed by atoms with van der Waals surface area (Å²) in [7, 11) is 0. The van der Waals surface area contributed by atoms with Crippen molar-refractivity contribution in [2.45, 2.75) is 43.0 Å². The van der Waals surface area contributed by atoms with Crippen LogP contribution in [0.25, 0.3) is 0 Å². The number of rotatable bonds is 5. The molecule has 2 saturated heterocycles. The van der Waals surface area contributed by atoms with Gasteiger partial charge in [0.2, 0.25) is 5.91 Å². The molecule has 3 atom stereocenters. The zero-order valence-corrected chi connectivity index (χ0v) is 20.1. The molecule has 0 saturated carbocycles. The van der Waals surface area contributed by atoms with Crippen LogP contribution < -0.4 is 66.5 Å².